The van der Waals surface area contributed by atoms with Crippen molar-refractivity contribution in [2.75, 3.05) is 5.32 Å². The maximum atomic E-state index is 12.0. The smallest absolute Gasteiger partial charge is 0.227 e. The van der Waals surface area contributed by atoms with Crippen molar-refractivity contribution in [3.05, 3.63) is 64.5 Å². The van der Waals surface area contributed by atoms with Crippen LogP contribution in [0.25, 0.3) is 11.4 Å². The number of halogens is 2. The minimum atomic E-state index is -0.210. The van der Waals surface area contributed by atoms with Crippen LogP contribution in [0, 0.1) is 0 Å². The van der Waals surface area contributed by atoms with Gasteiger partial charge in [0.25, 0.3) is 0 Å². The molecule has 1 N–H and O–H groups in total. The van der Waals surface area contributed by atoms with Crippen LogP contribution < -0.4 is 5.32 Å². The van der Waals surface area contributed by atoms with Gasteiger partial charge < -0.3 is 9.84 Å². The van der Waals surface area contributed by atoms with Crippen LogP contribution >= 0.6 is 23.2 Å². The summed E-state index contributed by atoms with van der Waals surface area (Å²) in [5.74, 6) is 0.698. The quantitative estimate of drug-likeness (QED) is 0.719. The summed E-state index contributed by atoms with van der Waals surface area (Å²) in [5, 5.41) is 7.34. The number of hydrogen-bond acceptors (Lipinski definition) is 4. The molecule has 0 unspecified atom stereocenters. The fraction of sp³-hybridized carbons (Fsp3) is 0.118. The van der Waals surface area contributed by atoms with Crippen LogP contribution in [0.5, 0.6) is 0 Å². The molecule has 0 radical (unpaired) electrons. The first kappa shape index (κ1) is 16.5. The van der Waals surface area contributed by atoms with E-state index in [0.717, 1.165) is 5.56 Å². The SMILES string of the molecule is O=C(CCc1nc(-c2ccccc2)no1)Nc1cccc(Cl)c1Cl. The van der Waals surface area contributed by atoms with Crippen molar-refractivity contribution >= 4 is 34.8 Å². The van der Waals surface area contributed by atoms with Gasteiger partial charge in [-0.15, -0.1) is 0 Å². The Morgan fingerprint density at radius 1 is 1.08 bits per heavy atom. The van der Waals surface area contributed by atoms with E-state index in [2.05, 4.69) is 15.5 Å². The number of nitrogens with one attached hydrogen (secondary N) is 1. The number of anilines is 1. The van der Waals surface area contributed by atoms with Crippen LogP contribution in [0.4, 0.5) is 5.69 Å². The van der Waals surface area contributed by atoms with Gasteiger partial charge in [0.05, 0.1) is 15.7 Å². The Hall–Kier alpha value is -2.37. The van der Waals surface area contributed by atoms with Crippen LogP contribution in [0.2, 0.25) is 10.0 Å². The highest BCUT2D eigenvalue weighted by molar-refractivity contribution is 6.43. The summed E-state index contributed by atoms with van der Waals surface area (Å²) < 4.78 is 5.17. The van der Waals surface area contributed by atoms with Crippen molar-refractivity contribution in [1.29, 1.82) is 0 Å². The van der Waals surface area contributed by atoms with Crippen LogP contribution in [-0.2, 0) is 11.2 Å². The lowest BCUT2D eigenvalue weighted by molar-refractivity contribution is -0.116. The Balaban J connectivity index is 1.59. The summed E-state index contributed by atoms with van der Waals surface area (Å²) in [6.07, 6.45) is 0.531. The van der Waals surface area contributed by atoms with Gasteiger partial charge in [0.1, 0.15) is 0 Å². The minimum absolute atomic E-state index is 0.194. The second-order valence-electron chi connectivity index (χ2n) is 5.03. The number of rotatable bonds is 5. The fourth-order valence-corrected chi connectivity index (χ4v) is 2.44. The predicted molar refractivity (Wildman–Crippen MR) is 93.1 cm³/mol. The summed E-state index contributed by atoms with van der Waals surface area (Å²) in [6.45, 7) is 0. The zero-order valence-electron chi connectivity index (χ0n) is 12.5. The summed E-state index contributed by atoms with van der Waals surface area (Å²) in [5.41, 5.74) is 1.34. The maximum Gasteiger partial charge on any atom is 0.227 e. The first-order chi connectivity index (χ1) is 11.6. The Morgan fingerprint density at radius 3 is 2.67 bits per heavy atom. The van der Waals surface area contributed by atoms with E-state index in [-0.39, 0.29) is 12.3 Å². The largest absolute Gasteiger partial charge is 0.339 e. The van der Waals surface area contributed by atoms with Crippen molar-refractivity contribution in [2.45, 2.75) is 12.8 Å². The number of carbonyl (C=O) groups is 1. The van der Waals surface area contributed by atoms with Gasteiger partial charge in [0.2, 0.25) is 17.6 Å². The molecular formula is C17H13Cl2N3O2. The summed E-state index contributed by atoms with van der Waals surface area (Å²) in [4.78, 5) is 16.3. The molecule has 24 heavy (non-hydrogen) atoms. The molecule has 0 aliphatic rings. The van der Waals surface area contributed by atoms with Crippen LogP contribution in [0.3, 0.4) is 0 Å². The zero-order valence-corrected chi connectivity index (χ0v) is 14.0. The van der Waals surface area contributed by atoms with E-state index in [0.29, 0.717) is 33.9 Å². The zero-order chi connectivity index (χ0) is 16.9. The number of nitrogens with zero attached hydrogens (tertiary/aromatic N) is 2. The molecule has 0 spiro atoms. The summed E-state index contributed by atoms with van der Waals surface area (Å²) >= 11 is 12.0. The first-order valence-electron chi connectivity index (χ1n) is 7.25. The molecule has 1 heterocycles. The van der Waals surface area contributed by atoms with Gasteiger partial charge in [-0.25, -0.2) is 0 Å². The van der Waals surface area contributed by atoms with Crippen LogP contribution in [-0.4, -0.2) is 16.0 Å². The molecule has 0 bridgehead atoms. The van der Waals surface area contributed by atoms with Gasteiger partial charge in [0.15, 0.2) is 0 Å². The molecule has 0 saturated carbocycles. The number of hydrogen-bond donors (Lipinski definition) is 1. The highest BCUT2D eigenvalue weighted by atomic mass is 35.5. The molecule has 1 aromatic heterocycles. The highest BCUT2D eigenvalue weighted by Gasteiger charge is 2.12. The molecule has 0 aliphatic heterocycles. The van der Waals surface area contributed by atoms with E-state index in [4.69, 9.17) is 27.7 Å². The molecule has 122 valence electrons. The van der Waals surface area contributed by atoms with E-state index in [1.54, 1.807) is 18.2 Å². The number of benzene rings is 2. The average molecular weight is 362 g/mol. The standard InChI is InChI=1S/C17H13Cl2N3O2/c18-12-7-4-8-13(16(12)19)20-14(23)9-10-15-21-17(22-24-15)11-5-2-1-3-6-11/h1-8H,9-10H2,(H,20,23). The van der Waals surface area contributed by atoms with Gasteiger partial charge in [-0.2, -0.15) is 4.98 Å². The van der Waals surface area contributed by atoms with E-state index in [1.807, 2.05) is 30.3 Å². The van der Waals surface area contributed by atoms with E-state index in [1.165, 1.54) is 0 Å². The molecule has 0 aliphatic carbocycles. The highest BCUT2D eigenvalue weighted by Crippen LogP contribution is 2.29. The molecule has 0 saturated heterocycles. The lowest BCUT2D eigenvalue weighted by Crippen LogP contribution is -2.12. The van der Waals surface area contributed by atoms with Crippen molar-refractivity contribution in [1.82, 2.24) is 10.1 Å². The van der Waals surface area contributed by atoms with Crippen molar-refractivity contribution in [3.63, 3.8) is 0 Å². The van der Waals surface area contributed by atoms with E-state index < -0.39 is 0 Å². The Morgan fingerprint density at radius 2 is 1.88 bits per heavy atom. The summed E-state index contributed by atoms with van der Waals surface area (Å²) in [6, 6.07) is 14.5. The molecular weight excluding hydrogens is 349 g/mol. The molecule has 3 aromatic rings. The normalized spacial score (nSPS) is 10.6. The fourth-order valence-electron chi connectivity index (χ4n) is 2.09. The second-order valence-corrected chi connectivity index (χ2v) is 5.81. The molecule has 2 aromatic carbocycles. The number of amides is 1. The topological polar surface area (TPSA) is 68.0 Å². The average Bonchev–Trinajstić information content (AvgIpc) is 3.07. The van der Waals surface area contributed by atoms with Gasteiger partial charge in [-0.3, -0.25) is 4.79 Å². The third-order valence-corrected chi connectivity index (χ3v) is 4.11. The number of carbonyl (C=O) groups excluding carboxylic acids is 1. The maximum absolute atomic E-state index is 12.0. The van der Waals surface area contributed by atoms with Crippen molar-refractivity contribution in [2.24, 2.45) is 0 Å². The van der Waals surface area contributed by atoms with Crippen LogP contribution in [0.15, 0.2) is 53.1 Å². The van der Waals surface area contributed by atoms with Gasteiger partial charge in [0, 0.05) is 18.4 Å². The number of aromatic nitrogens is 2. The monoisotopic (exact) mass is 361 g/mol. The van der Waals surface area contributed by atoms with Gasteiger partial charge in [-0.05, 0) is 12.1 Å². The van der Waals surface area contributed by atoms with E-state index in [9.17, 15) is 4.79 Å². The summed E-state index contributed by atoms with van der Waals surface area (Å²) in [7, 11) is 0. The molecule has 5 nitrogen and oxygen atoms in total. The Kier molecular flexibility index (Phi) is 5.13. The van der Waals surface area contributed by atoms with Gasteiger partial charge >= 0.3 is 0 Å². The third kappa shape index (κ3) is 3.93. The lowest BCUT2D eigenvalue weighted by Gasteiger charge is -2.07. The van der Waals surface area contributed by atoms with Crippen LogP contribution in [0.1, 0.15) is 12.3 Å². The van der Waals surface area contributed by atoms with Crippen molar-refractivity contribution < 1.29 is 9.32 Å². The minimum Gasteiger partial charge on any atom is -0.339 e. The number of aryl methyl sites for hydroxylation is 1. The predicted octanol–water partition coefficient (Wildman–Crippen LogP) is 4.61. The molecule has 7 heteroatoms. The lowest BCUT2D eigenvalue weighted by atomic mass is 10.2. The van der Waals surface area contributed by atoms with Gasteiger partial charge in [-0.1, -0.05) is 64.8 Å². The van der Waals surface area contributed by atoms with Crippen molar-refractivity contribution in [3.8, 4) is 11.4 Å². The molecule has 3 rings (SSSR count). The Labute approximate surface area is 148 Å². The Bertz CT molecular complexity index is 850. The molecule has 0 atom stereocenters. The molecule has 1 amide bonds. The third-order valence-electron chi connectivity index (χ3n) is 3.29. The molecule has 0 fully saturated rings. The van der Waals surface area contributed by atoms with E-state index >= 15 is 0 Å². The second kappa shape index (κ2) is 7.47. The first-order valence-corrected chi connectivity index (χ1v) is 8.01.